The summed E-state index contributed by atoms with van der Waals surface area (Å²) in [5, 5.41) is 8.53. The monoisotopic (exact) mass is 295 g/mol. The molecule has 0 heterocycles. The molecule has 0 saturated carbocycles. The zero-order chi connectivity index (χ0) is 14.9. The predicted octanol–water partition coefficient (Wildman–Crippen LogP) is 1.22. The van der Waals surface area contributed by atoms with E-state index in [1.807, 2.05) is 20.8 Å². The average Bonchev–Trinajstić information content (AvgIpc) is 2.25. The molecular formula is C12H25NO5S. The Bertz CT molecular complexity index is 353. The number of carboxylic acids is 1. The lowest BCUT2D eigenvalue weighted by Gasteiger charge is -2.12. The lowest BCUT2D eigenvalue weighted by atomic mass is 10.0. The Morgan fingerprint density at radius 3 is 2.42 bits per heavy atom. The molecule has 114 valence electrons. The first-order valence-corrected chi connectivity index (χ1v) is 8.19. The van der Waals surface area contributed by atoms with Gasteiger partial charge >= 0.3 is 5.97 Å². The van der Waals surface area contributed by atoms with E-state index >= 15 is 0 Å². The molecule has 0 aromatic heterocycles. The number of nitrogens with one attached hydrogen (secondary N) is 1. The molecule has 6 nitrogen and oxygen atoms in total. The molecule has 0 bridgehead atoms. The van der Waals surface area contributed by atoms with Crippen molar-refractivity contribution in [2.24, 2.45) is 5.92 Å². The van der Waals surface area contributed by atoms with Gasteiger partial charge in [-0.3, -0.25) is 4.79 Å². The van der Waals surface area contributed by atoms with Crippen LogP contribution in [0.2, 0.25) is 0 Å². The van der Waals surface area contributed by atoms with Crippen LogP contribution < -0.4 is 4.72 Å². The zero-order valence-electron chi connectivity index (χ0n) is 11.9. The molecule has 0 aliphatic rings. The second-order valence-electron chi connectivity index (χ2n) is 4.96. The molecule has 0 aliphatic carbocycles. The van der Waals surface area contributed by atoms with Gasteiger partial charge in [-0.15, -0.1) is 0 Å². The van der Waals surface area contributed by atoms with Crippen molar-refractivity contribution in [2.45, 2.75) is 46.1 Å². The van der Waals surface area contributed by atoms with Gasteiger partial charge in [-0.05, 0) is 32.6 Å². The normalized spacial score (nSPS) is 13.7. The maximum Gasteiger partial charge on any atom is 0.303 e. The molecule has 0 amide bonds. The Kier molecular flexibility index (Phi) is 8.95. The molecule has 1 unspecified atom stereocenters. The minimum absolute atomic E-state index is 0.0197. The molecule has 0 fully saturated rings. The second kappa shape index (κ2) is 9.28. The molecule has 7 heteroatoms. The third kappa shape index (κ3) is 12.1. The summed E-state index contributed by atoms with van der Waals surface area (Å²) in [5.41, 5.74) is 0. The number of hydrogen-bond acceptors (Lipinski definition) is 4. The van der Waals surface area contributed by atoms with Crippen LogP contribution in [0.25, 0.3) is 0 Å². The lowest BCUT2D eigenvalue weighted by molar-refractivity contribution is -0.137. The van der Waals surface area contributed by atoms with Gasteiger partial charge < -0.3 is 9.84 Å². The maximum atomic E-state index is 11.6. The van der Waals surface area contributed by atoms with Crippen LogP contribution in [0, 0.1) is 5.92 Å². The van der Waals surface area contributed by atoms with Gasteiger partial charge in [0.15, 0.2) is 0 Å². The molecule has 0 aromatic rings. The highest BCUT2D eigenvalue weighted by molar-refractivity contribution is 7.89. The number of hydrogen-bond donors (Lipinski definition) is 2. The number of sulfonamides is 1. The van der Waals surface area contributed by atoms with E-state index in [0.29, 0.717) is 19.4 Å². The zero-order valence-corrected chi connectivity index (χ0v) is 12.7. The first kappa shape index (κ1) is 18.3. The van der Waals surface area contributed by atoms with Gasteiger partial charge in [-0.25, -0.2) is 13.1 Å². The summed E-state index contributed by atoms with van der Waals surface area (Å²) in [7, 11) is -3.30. The van der Waals surface area contributed by atoms with Crippen molar-refractivity contribution in [3.8, 4) is 0 Å². The number of aliphatic carboxylic acids is 1. The summed E-state index contributed by atoms with van der Waals surface area (Å²) in [6.07, 6.45) is 1.34. The van der Waals surface area contributed by atoms with Gasteiger partial charge in [0.1, 0.15) is 0 Å². The highest BCUT2D eigenvalue weighted by Crippen LogP contribution is 2.09. The minimum Gasteiger partial charge on any atom is -0.481 e. The van der Waals surface area contributed by atoms with E-state index in [0.717, 1.165) is 0 Å². The van der Waals surface area contributed by atoms with Crippen molar-refractivity contribution in [1.29, 1.82) is 0 Å². The third-order valence-corrected chi connectivity index (χ3v) is 3.96. The number of carbonyl (C=O) groups is 1. The van der Waals surface area contributed by atoms with E-state index in [1.165, 1.54) is 0 Å². The van der Waals surface area contributed by atoms with Crippen LogP contribution in [0.5, 0.6) is 0 Å². The molecule has 0 aromatic carbocycles. The minimum atomic E-state index is -3.30. The summed E-state index contributed by atoms with van der Waals surface area (Å²) in [6, 6.07) is 0. The van der Waals surface area contributed by atoms with Crippen LogP contribution in [-0.4, -0.2) is 44.5 Å². The van der Waals surface area contributed by atoms with E-state index in [-0.39, 0.29) is 30.8 Å². The van der Waals surface area contributed by atoms with Crippen LogP contribution in [0.3, 0.4) is 0 Å². The summed E-state index contributed by atoms with van der Waals surface area (Å²) in [6.45, 7) is 6.14. The Balaban J connectivity index is 3.76. The van der Waals surface area contributed by atoms with Crippen molar-refractivity contribution in [3.05, 3.63) is 0 Å². The Morgan fingerprint density at radius 1 is 1.26 bits per heavy atom. The van der Waals surface area contributed by atoms with Crippen molar-refractivity contribution in [2.75, 3.05) is 18.9 Å². The van der Waals surface area contributed by atoms with Crippen LogP contribution in [0.15, 0.2) is 0 Å². The Morgan fingerprint density at radius 2 is 1.89 bits per heavy atom. The predicted molar refractivity (Wildman–Crippen MR) is 73.5 cm³/mol. The summed E-state index contributed by atoms with van der Waals surface area (Å²) in [4.78, 5) is 10.4. The molecule has 0 saturated heterocycles. The molecule has 0 spiro atoms. The van der Waals surface area contributed by atoms with Gasteiger partial charge in [0.2, 0.25) is 10.0 Å². The molecular weight excluding hydrogens is 270 g/mol. The third-order valence-electron chi connectivity index (χ3n) is 2.61. The molecule has 19 heavy (non-hydrogen) atoms. The fourth-order valence-corrected chi connectivity index (χ4v) is 2.33. The Hall–Kier alpha value is -0.660. The first-order chi connectivity index (χ1) is 8.73. The van der Waals surface area contributed by atoms with Crippen molar-refractivity contribution in [1.82, 2.24) is 4.72 Å². The molecule has 0 rings (SSSR count). The molecule has 0 radical (unpaired) electrons. The van der Waals surface area contributed by atoms with Gasteiger partial charge in [0, 0.05) is 13.0 Å². The lowest BCUT2D eigenvalue weighted by Crippen LogP contribution is -2.30. The fraction of sp³-hybridized carbons (Fsp3) is 0.917. The van der Waals surface area contributed by atoms with E-state index in [9.17, 15) is 13.2 Å². The van der Waals surface area contributed by atoms with Gasteiger partial charge in [0.25, 0.3) is 0 Å². The smallest absolute Gasteiger partial charge is 0.303 e. The topological polar surface area (TPSA) is 92.7 Å². The summed E-state index contributed by atoms with van der Waals surface area (Å²) < 4.78 is 30.8. The van der Waals surface area contributed by atoms with E-state index in [2.05, 4.69) is 4.72 Å². The van der Waals surface area contributed by atoms with Crippen LogP contribution in [-0.2, 0) is 19.6 Å². The van der Waals surface area contributed by atoms with Crippen LogP contribution >= 0.6 is 0 Å². The largest absolute Gasteiger partial charge is 0.481 e. The van der Waals surface area contributed by atoms with Crippen molar-refractivity contribution >= 4 is 16.0 Å². The molecule has 2 N–H and O–H groups in total. The highest BCUT2D eigenvalue weighted by atomic mass is 32.2. The fourth-order valence-electron chi connectivity index (χ4n) is 1.44. The number of rotatable bonds is 11. The van der Waals surface area contributed by atoms with E-state index in [1.54, 1.807) is 0 Å². The van der Waals surface area contributed by atoms with Crippen LogP contribution in [0.1, 0.15) is 40.0 Å². The van der Waals surface area contributed by atoms with Crippen molar-refractivity contribution < 1.29 is 23.1 Å². The number of ether oxygens (including phenoxy) is 1. The number of carboxylic acid groups (broad SMARTS) is 1. The maximum absolute atomic E-state index is 11.6. The van der Waals surface area contributed by atoms with E-state index in [4.69, 9.17) is 9.84 Å². The average molecular weight is 295 g/mol. The van der Waals surface area contributed by atoms with Crippen LogP contribution in [0.4, 0.5) is 0 Å². The van der Waals surface area contributed by atoms with E-state index < -0.39 is 16.0 Å². The second-order valence-corrected chi connectivity index (χ2v) is 6.89. The van der Waals surface area contributed by atoms with Gasteiger partial charge in [-0.1, -0.05) is 6.92 Å². The Labute approximate surface area is 115 Å². The van der Waals surface area contributed by atoms with Gasteiger partial charge in [0.05, 0.1) is 18.5 Å². The van der Waals surface area contributed by atoms with Crippen molar-refractivity contribution in [3.63, 3.8) is 0 Å². The quantitative estimate of drug-likeness (QED) is 0.598. The summed E-state index contributed by atoms with van der Waals surface area (Å²) >= 11 is 0. The molecule has 1 atom stereocenters. The SMILES string of the molecule is CC(CCNS(=O)(=O)CCOC(C)C)CCC(=O)O. The van der Waals surface area contributed by atoms with Gasteiger partial charge in [-0.2, -0.15) is 0 Å². The standard InChI is InChI=1S/C12H25NO5S/c1-10(2)18-8-9-19(16,17)13-7-6-11(3)4-5-12(14)15/h10-11,13H,4-9H2,1-3H3,(H,14,15). The summed E-state index contributed by atoms with van der Waals surface area (Å²) in [5.74, 6) is -0.682. The molecule has 0 aliphatic heterocycles. The highest BCUT2D eigenvalue weighted by Gasteiger charge is 2.11. The first-order valence-electron chi connectivity index (χ1n) is 6.53.